The fraction of sp³-hybridized carbons (Fsp3) is 0.462. The Morgan fingerprint density at radius 3 is 2.72 bits per heavy atom. The van der Waals surface area contributed by atoms with Crippen molar-refractivity contribution >= 4 is 17.5 Å². The lowest BCUT2D eigenvalue weighted by Crippen LogP contribution is -2.20. The first-order valence-electron chi connectivity index (χ1n) is 5.81. The third-order valence-corrected chi connectivity index (χ3v) is 3.03. The number of ether oxygens (including phenoxy) is 1. The van der Waals surface area contributed by atoms with E-state index in [0.29, 0.717) is 23.6 Å². The summed E-state index contributed by atoms with van der Waals surface area (Å²) in [6.45, 7) is 1.95. The van der Waals surface area contributed by atoms with Gasteiger partial charge in [0.1, 0.15) is 5.75 Å². The van der Waals surface area contributed by atoms with E-state index in [4.69, 9.17) is 27.8 Å². The molecule has 1 rings (SSSR count). The van der Waals surface area contributed by atoms with Crippen LogP contribution in [0.1, 0.15) is 31.4 Å². The molecule has 0 fully saturated rings. The van der Waals surface area contributed by atoms with E-state index >= 15 is 0 Å². The first-order chi connectivity index (χ1) is 8.43. The Morgan fingerprint density at radius 2 is 2.17 bits per heavy atom. The molecule has 0 aliphatic rings. The smallest absolute Gasteiger partial charge is 0.217 e. The molecule has 1 aromatic rings. The molecule has 0 bridgehead atoms. The minimum absolute atomic E-state index is 0.126. The molecular formula is C13H19ClN2O2. The van der Waals surface area contributed by atoms with Gasteiger partial charge in [-0.15, -0.1) is 0 Å². The molecule has 0 aromatic heterocycles. The lowest BCUT2D eigenvalue weighted by Gasteiger charge is -2.19. The van der Waals surface area contributed by atoms with Gasteiger partial charge >= 0.3 is 0 Å². The summed E-state index contributed by atoms with van der Waals surface area (Å²) in [6.07, 6.45) is 0.982. The Balaban J connectivity index is 2.79. The van der Waals surface area contributed by atoms with Gasteiger partial charge in [-0.05, 0) is 30.5 Å². The first kappa shape index (κ1) is 14.8. The van der Waals surface area contributed by atoms with Crippen LogP contribution in [0.25, 0.3) is 0 Å². The molecule has 2 unspecified atom stereocenters. The SMILES string of the molecule is COc1ccc(Cl)cc1C(N)CC(C)CC(N)=O. The number of rotatable bonds is 6. The zero-order valence-corrected chi connectivity index (χ0v) is 11.4. The van der Waals surface area contributed by atoms with Crippen LogP contribution in [-0.4, -0.2) is 13.0 Å². The lowest BCUT2D eigenvalue weighted by molar-refractivity contribution is -0.118. The summed E-state index contributed by atoms with van der Waals surface area (Å²) >= 11 is 5.95. The molecule has 18 heavy (non-hydrogen) atoms. The number of carbonyl (C=O) groups is 1. The predicted octanol–water partition coefficient (Wildman–Crippen LogP) is 2.25. The third-order valence-electron chi connectivity index (χ3n) is 2.80. The van der Waals surface area contributed by atoms with Crippen LogP contribution in [0.15, 0.2) is 18.2 Å². The van der Waals surface area contributed by atoms with Crippen molar-refractivity contribution in [1.29, 1.82) is 0 Å². The average Bonchev–Trinajstić information content (AvgIpc) is 2.27. The number of hydrogen-bond donors (Lipinski definition) is 2. The summed E-state index contributed by atoms with van der Waals surface area (Å²) in [6, 6.07) is 5.11. The molecule has 0 saturated heterocycles. The van der Waals surface area contributed by atoms with Gasteiger partial charge in [-0.2, -0.15) is 0 Å². The van der Waals surface area contributed by atoms with Crippen LogP contribution in [-0.2, 0) is 4.79 Å². The second kappa shape index (κ2) is 6.61. The van der Waals surface area contributed by atoms with Gasteiger partial charge in [0.25, 0.3) is 0 Å². The van der Waals surface area contributed by atoms with Crippen molar-refractivity contribution in [2.45, 2.75) is 25.8 Å². The highest BCUT2D eigenvalue weighted by Crippen LogP contribution is 2.30. The third kappa shape index (κ3) is 4.20. The number of primary amides is 1. The standard InChI is InChI=1S/C13H19ClN2O2/c1-8(6-13(16)17)5-11(15)10-7-9(14)3-4-12(10)18-2/h3-4,7-8,11H,5-6,15H2,1-2H3,(H2,16,17). The van der Waals surface area contributed by atoms with Gasteiger partial charge in [0.15, 0.2) is 0 Å². The number of nitrogens with two attached hydrogens (primary N) is 2. The largest absolute Gasteiger partial charge is 0.496 e. The van der Waals surface area contributed by atoms with E-state index in [2.05, 4.69) is 0 Å². The Morgan fingerprint density at radius 1 is 1.50 bits per heavy atom. The van der Waals surface area contributed by atoms with Gasteiger partial charge in [-0.1, -0.05) is 18.5 Å². The quantitative estimate of drug-likeness (QED) is 0.832. The second-order valence-electron chi connectivity index (χ2n) is 4.50. The monoisotopic (exact) mass is 270 g/mol. The molecule has 2 atom stereocenters. The Kier molecular flexibility index (Phi) is 5.44. The Labute approximate surface area is 112 Å². The van der Waals surface area contributed by atoms with Gasteiger partial charge < -0.3 is 16.2 Å². The summed E-state index contributed by atoms with van der Waals surface area (Å²) in [7, 11) is 1.59. The molecular weight excluding hydrogens is 252 g/mol. The maximum Gasteiger partial charge on any atom is 0.217 e. The molecule has 0 radical (unpaired) electrons. The molecule has 1 amide bonds. The summed E-state index contributed by atoms with van der Waals surface area (Å²) in [5.74, 6) is 0.520. The van der Waals surface area contributed by atoms with E-state index in [1.54, 1.807) is 25.3 Å². The summed E-state index contributed by atoms with van der Waals surface area (Å²) < 4.78 is 5.25. The molecule has 0 aliphatic carbocycles. The molecule has 0 spiro atoms. The van der Waals surface area contributed by atoms with Crippen molar-refractivity contribution < 1.29 is 9.53 Å². The topological polar surface area (TPSA) is 78.3 Å². The Hall–Kier alpha value is -1.26. The van der Waals surface area contributed by atoms with Gasteiger partial charge in [-0.25, -0.2) is 0 Å². The highest BCUT2D eigenvalue weighted by atomic mass is 35.5. The van der Waals surface area contributed by atoms with Gasteiger partial charge in [0, 0.05) is 23.0 Å². The van der Waals surface area contributed by atoms with Crippen molar-refractivity contribution in [3.05, 3.63) is 28.8 Å². The molecule has 1 aromatic carbocycles. The number of benzene rings is 1. The fourth-order valence-electron chi connectivity index (χ4n) is 1.98. The van der Waals surface area contributed by atoms with Crippen LogP contribution in [0.5, 0.6) is 5.75 Å². The zero-order valence-electron chi connectivity index (χ0n) is 10.7. The van der Waals surface area contributed by atoms with Crippen LogP contribution < -0.4 is 16.2 Å². The summed E-state index contributed by atoms with van der Waals surface area (Å²) in [5.41, 5.74) is 12.1. The van der Waals surface area contributed by atoms with Crippen LogP contribution in [0.2, 0.25) is 5.02 Å². The predicted molar refractivity (Wildman–Crippen MR) is 72.5 cm³/mol. The molecule has 5 heteroatoms. The van der Waals surface area contributed by atoms with E-state index in [-0.39, 0.29) is 17.9 Å². The minimum Gasteiger partial charge on any atom is -0.496 e. The van der Waals surface area contributed by atoms with Gasteiger partial charge in [-0.3, -0.25) is 4.79 Å². The molecule has 0 saturated carbocycles. The van der Waals surface area contributed by atoms with E-state index in [1.165, 1.54) is 0 Å². The van der Waals surface area contributed by atoms with Gasteiger partial charge in [0.05, 0.1) is 7.11 Å². The Bertz CT molecular complexity index is 423. The van der Waals surface area contributed by atoms with Crippen molar-refractivity contribution in [1.82, 2.24) is 0 Å². The summed E-state index contributed by atoms with van der Waals surface area (Å²) in [5, 5.41) is 0.615. The van der Waals surface area contributed by atoms with Crippen molar-refractivity contribution in [2.75, 3.05) is 7.11 Å². The van der Waals surface area contributed by atoms with Crippen LogP contribution in [0, 0.1) is 5.92 Å². The number of halogens is 1. The molecule has 0 heterocycles. The maximum atomic E-state index is 10.8. The normalized spacial score (nSPS) is 14.0. The van der Waals surface area contributed by atoms with E-state index in [9.17, 15) is 4.79 Å². The average molecular weight is 271 g/mol. The number of amides is 1. The van der Waals surface area contributed by atoms with E-state index in [0.717, 1.165) is 5.56 Å². The molecule has 4 N–H and O–H groups in total. The fourth-order valence-corrected chi connectivity index (χ4v) is 2.16. The maximum absolute atomic E-state index is 10.8. The second-order valence-corrected chi connectivity index (χ2v) is 4.94. The highest BCUT2D eigenvalue weighted by molar-refractivity contribution is 6.30. The van der Waals surface area contributed by atoms with Crippen molar-refractivity contribution in [2.24, 2.45) is 17.4 Å². The van der Waals surface area contributed by atoms with E-state index in [1.807, 2.05) is 6.92 Å². The first-order valence-corrected chi connectivity index (χ1v) is 6.19. The van der Waals surface area contributed by atoms with Crippen LogP contribution in [0.4, 0.5) is 0 Å². The molecule has 100 valence electrons. The minimum atomic E-state index is -0.312. The van der Waals surface area contributed by atoms with E-state index < -0.39 is 0 Å². The lowest BCUT2D eigenvalue weighted by atomic mass is 9.93. The van der Waals surface area contributed by atoms with Gasteiger partial charge in [0.2, 0.25) is 5.91 Å². The highest BCUT2D eigenvalue weighted by Gasteiger charge is 2.17. The van der Waals surface area contributed by atoms with Crippen molar-refractivity contribution in [3.63, 3.8) is 0 Å². The van der Waals surface area contributed by atoms with Crippen LogP contribution in [0.3, 0.4) is 0 Å². The molecule has 0 aliphatic heterocycles. The number of hydrogen-bond acceptors (Lipinski definition) is 3. The molecule has 4 nitrogen and oxygen atoms in total. The van der Waals surface area contributed by atoms with Crippen LogP contribution >= 0.6 is 11.6 Å². The zero-order chi connectivity index (χ0) is 13.7. The number of carbonyl (C=O) groups excluding carboxylic acids is 1. The summed E-state index contributed by atoms with van der Waals surface area (Å²) in [4.78, 5) is 10.8. The van der Waals surface area contributed by atoms with Crippen molar-refractivity contribution in [3.8, 4) is 5.75 Å². The number of methoxy groups -OCH3 is 1.